The molecule has 76 valence electrons. The molecule has 1 rings (SSSR count). The second-order valence-electron chi connectivity index (χ2n) is 3.11. The van der Waals surface area contributed by atoms with Crippen LogP contribution in [0.3, 0.4) is 0 Å². The van der Waals surface area contributed by atoms with Crippen molar-refractivity contribution < 1.29 is 14.7 Å². The lowest BCUT2D eigenvalue weighted by atomic mass is 10.2. The zero-order chi connectivity index (χ0) is 10.7. The number of carboxylic acid groups (broad SMARTS) is 1. The standard InChI is InChI=1S/C9H10ClNO3/c1-2-3-7(9(13)14)11-5-6(10)4-8(11)12/h1,6-7H,3-5H2,(H,13,14)/t6?,7-/m0/s1. The molecule has 0 aromatic carbocycles. The number of rotatable bonds is 3. The predicted octanol–water partition coefficient (Wildman–Crippen LogP) is 0.303. The second kappa shape index (κ2) is 4.34. The van der Waals surface area contributed by atoms with Crippen molar-refractivity contribution in [2.45, 2.75) is 24.3 Å². The molecule has 5 heteroatoms. The van der Waals surface area contributed by atoms with Crippen molar-refractivity contribution in [2.75, 3.05) is 6.54 Å². The van der Waals surface area contributed by atoms with Crippen LogP contribution in [0.25, 0.3) is 0 Å². The topological polar surface area (TPSA) is 57.6 Å². The summed E-state index contributed by atoms with van der Waals surface area (Å²) in [6.07, 6.45) is 5.24. The van der Waals surface area contributed by atoms with E-state index in [2.05, 4.69) is 5.92 Å². The van der Waals surface area contributed by atoms with Crippen molar-refractivity contribution >= 4 is 23.5 Å². The maximum absolute atomic E-state index is 11.3. The fourth-order valence-electron chi connectivity index (χ4n) is 1.43. The van der Waals surface area contributed by atoms with Gasteiger partial charge >= 0.3 is 5.97 Å². The molecule has 0 aromatic heterocycles. The molecule has 4 nitrogen and oxygen atoms in total. The van der Waals surface area contributed by atoms with Crippen molar-refractivity contribution in [3.8, 4) is 12.3 Å². The summed E-state index contributed by atoms with van der Waals surface area (Å²) in [5, 5.41) is 8.53. The summed E-state index contributed by atoms with van der Waals surface area (Å²) >= 11 is 5.74. The predicted molar refractivity (Wildman–Crippen MR) is 50.8 cm³/mol. The molecule has 1 amide bonds. The van der Waals surface area contributed by atoms with Crippen molar-refractivity contribution in [3.63, 3.8) is 0 Å². The van der Waals surface area contributed by atoms with E-state index >= 15 is 0 Å². The van der Waals surface area contributed by atoms with Crippen LogP contribution in [0.4, 0.5) is 0 Å². The van der Waals surface area contributed by atoms with Gasteiger partial charge in [-0.2, -0.15) is 0 Å². The van der Waals surface area contributed by atoms with Crippen LogP contribution >= 0.6 is 11.6 Å². The number of carbonyl (C=O) groups is 2. The van der Waals surface area contributed by atoms with Gasteiger partial charge in [-0.3, -0.25) is 4.79 Å². The van der Waals surface area contributed by atoms with Gasteiger partial charge in [0.2, 0.25) is 5.91 Å². The Morgan fingerprint density at radius 1 is 1.86 bits per heavy atom. The third kappa shape index (κ3) is 2.18. The molecule has 1 aliphatic heterocycles. The van der Waals surface area contributed by atoms with Crippen molar-refractivity contribution in [2.24, 2.45) is 0 Å². The van der Waals surface area contributed by atoms with Crippen LogP contribution in [0.1, 0.15) is 12.8 Å². The van der Waals surface area contributed by atoms with E-state index in [1.807, 2.05) is 0 Å². The van der Waals surface area contributed by atoms with Gasteiger partial charge in [0.05, 0.1) is 5.38 Å². The first kappa shape index (κ1) is 10.9. The Hall–Kier alpha value is -1.21. The van der Waals surface area contributed by atoms with Crippen LogP contribution in [0, 0.1) is 12.3 Å². The van der Waals surface area contributed by atoms with E-state index in [0.29, 0.717) is 0 Å². The van der Waals surface area contributed by atoms with Crippen molar-refractivity contribution in [3.05, 3.63) is 0 Å². The van der Waals surface area contributed by atoms with Gasteiger partial charge in [0.1, 0.15) is 6.04 Å². The summed E-state index contributed by atoms with van der Waals surface area (Å²) in [5.41, 5.74) is 0. The third-order valence-electron chi connectivity index (χ3n) is 2.08. The van der Waals surface area contributed by atoms with Gasteiger partial charge in [-0.15, -0.1) is 23.9 Å². The molecule has 0 aliphatic carbocycles. The third-order valence-corrected chi connectivity index (χ3v) is 2.38. The number of alkyl halides is 1. The molecule has 14 heavy (non-hydrogen) atoms. The summed E-state index contributed by atoms with van der Waals surface area (Å²) in [6, 6.07) is -0.934. The minimum atomic E-state index is -1.08. The van der Waals surface area contributed by atoms with E-state index in [1.165, 1.54) is 4.90 Å². The van der Waals surface area contributed by atoms with Gasteiger partial charge < -0.3 is 10.0 Å². The molecule has 0 bridgehead atoms. The van der Waals surface area contributed by atoms with E-state index < -0.39 is 12.0 Å². The Kier molecular flexibility index (Phi) is 3.37. The molecule has 0 radical (unpaired) electrons. The van der Waals surface area contributed by atoms with E-state index in [9.17, 15) is 9.59 Å². The number of likely N-dealkylation sites (tertiary alicyclic amines) is 1. The Bertz CT molecular complexity index is 297. The Morgan fingerprint density at radius 2 is 2.50 bits per heavy atom. The Morgan fingerprint density at radius 3 is 2.86 bits per heavy atom. The van der Waals surface area contributed by atoms with Crippen LogP contribution in [0.5, 0.6) is 0 Å². The van der Waals surface area contributed by atoms with Gasteiger partial charge in [0, 0.05) is 19.4 Å². The van der Waals surface area contributed by atoms with Crippen LogP contribution in [-0.4, -0.2) is 39.8 Å². The van der Waals surface area contributed by atoms with Gasteiger partial charge in [0.25, 0.3) is 0 Å². The first-order valence-electron chi connectivity index (χ1n) is 4.16. The van der Waals surface area contributed by atoms with E-state index in [4.69, 9.17) is 23.1 Å². The van der Waals surface area contributed by atoms with Crippen LogP contribution < -0.4 is 0 Å². The lowest BCUT2D eigenvalue weighted by molar-refractivity contribution is -0.148. The smallest absolute Gasteiger partial charge is 0.327 e. The van der Waals surface area contributed by atoms with Crippen LogP contribution in [0.2, 0.25) is 0 Å². The molecular weight excluding hydrogens is 206 g/mol. The number of aliphatic carboxylic acids is 1. The number of nitrogens with zero attached hydrogens (tertiary/aromatic N) is 1. The van der Waals surface area contributed by atoms with E-state index in [0.717, 1.165) is 0 Å². The number of carboxylic acids is 1. The van der Waals surface area contributed by atoms with Gasteiger partial charge in [-0.1, -0.05) is 0 Å². The lowest BCUT2D eigenvalue weighted by Crippen LogP contribution is -2.42. The highest BCUT2D eigenvalue weighted by Gasteiger charge is 2.36. The number of hydrogen-bond donors (Lipinski definition) is 1. The fraction of sp³-hybridized carbons (Fsp3) is 0.556. The maximum Gasteiger partial charge on any atom is 0.327 e. The van der Waals surface area contributed by atoms with Crippen molar-refractivity contribution in [1.29, 1.82) is 0 Å². The highest BCUT2D eigenvalue weighted by Crippen LogP contribution is 2.20. The SMILES string of the molecule is C#CC[C@@H](C(=O)O)N1CC(Cl)CC1=O. The molecule has 1 N–H and O–H groups in total. The first-order chi connectivity index (χ1) is 6.56. The molecule has 0 spiro atoms. The number of hydrogen-bond acceptors (Lipinski definition) is 2. The summed E-state index contributed by atoms with van der Waals surface area (Å²) in [7, 11) is 0. The molecule has 1 fully saturated rings. The molecule has 1 heterocycles. The van der Waals surface area contributed by atoms with Gasteiger partial charge in [-0.25, -0.2) is 4.79 Å². The Balaban J connectivity index is 2.74. The minimum absolute atomic E-state index is 0.0185. The van der Waals surface area contributed by atoms with Gasteiger partial charge in [-0.05, 0) is 0 Å². The van der Waals surface area contributed by atoms with E-state index in [1.54, 1.807) is 0 Å². The Labute approximate surface area is 86.8 Å². The highest BCUT2D eigenvalue weighted by molar-refractivity contribution is 6.22. The number of amides is 1. The summed E-state index contributed by atoms with van der Waals surface area (Å²) in [5.74, 6) is 0.919. The van der Waals surface area contributed by atoms with Gasteiger partial charge in [0.15, 0.2) is 0 Å². The zero-order valence-corrected chi connectivity index (χ0v) is 8.20. The largest absolute Gasteiger partial charge is 0.480 e. The van der Waals surface area contributed by atoms with E-state index in [-0.39, 0.29) is 30.7 Å². The highest BCUT2D eigenvalue weighted by atomic mass is 35.5. The molecule has 2 atom stereocenters. The first-order valence-corrected chi connectivity index (χ1v) is 4.59. The average molecular weight is 216 g/mol. The van der Waals surface area contributed by atoms with Crippen molar-refractivity contribution in [1.82, 2.24) is 4.90 Å². The quantitative estimate of drug-likeness (QED) is 0.544. The molecule has 0 saturated carbocycles. The molecule has 1 unspecified atom stereocenters. The summed E-state index contributed by atoms with van der Waals surface area (Å²) in [6.45, 7) is 0.263. The number of carbonyl (C=O) groups excluding carboxylic acids is 1. The minimum Gasteiger partial charge on any atom is -0.480 e. The maximum atomic E-state index is 11.3. The summed E-state index contributed by atoms with van der Waals surface area (Å²) < 4.78 is 0. The summed E-state index contributed by atoms with van der Waals surface area (Å²) in [4.78, 5) is 23.3. The van der Waals surface area contributed by atoms with Crippen LogP contribution in [0.15, 0.2) is 0 Å². The molecule has 0 aromatic rings. The molecular formula is C9H10ClNO3. The lowest BCUT2D eigenvalue weighted by Gasteiger charge is -2.22. The average Bonchev–Trinajstić information content (AvgIpc) is 2.40. The zero-order valence-electron chi connectivity index (χ0n) is 7.44. The normalized spacial score (nSPS) is 23.3. The molecule has 1 saturated heterocycles. The number of terminal acetylenes is 1. The number of halogens is 1. The monoisotopic (exact) mass is 215 g/mol. The second-order valence-corrected chi connectivity index (χ2v) is 3.73. The molecule has 1 aliphatic rings. The fourth-order valence-corrected chi connectivity index (χ4v) is 1.71. The van der Waals surface area contributed by atoms with Crippen LogP contribution in [-0.2, 0) is 9.59 Å².